The predicted molar refractivity (Wildman–Crippen MR) is 150 cm³/mol. The van der Waals surface area contributed by atoms with Crippen LogP contribution >= 0.6 is 22.9 Å². The number of hydrogen-bond donors (Lipinski definition) is 2. The molecule has 3 saturated carbocycles. The smallest absolute Gasteiger partial charge is 0.145 e. The van der Waals surface area contributed by atoms with Crippen LogP contribution in [0, 0.1) is 39.9 Å². The fraction of sp³-hybridized carbons (Fsp3) is 0.567. The Morgan fingerprint density at radius 3 is 2.62 bits per heavy atom. The number of azo groups is 1. The zero-order valence-electron chi connectivity index (χ0n) is 21.6. The van der Waals surface area contributed by atoms with Gasteiger partial charge in [0.15, 0.2) is 0 Å². The highest BCUT2D eigenvalue weighted by atomic mass is 35.5. The summed E-state index contributed by atoms with van der Waals surface area (Å²) < 4.78 is 0. The molecule has 1 aromatic carbocycles. The monoisotopic (exact) mass is 534 g/mol. The number of nitrogens with zero attached hydrogens (tertiary/aromatic N) is 3. The summed E-state index contributed by atoms with van der Waals surface area (Å²) in [6, 6.07) is 9.71. The van der Waals surface area contributed by atoms with Crippen LogP contribution in [0.2, 0.25) is 5.02 Å². The van der Waals surface area contributed by atoms with Crippen LogP contribution < -0.4 is 5.73 Å². The Bertz CT molecular complexity index is 1310. The highest BCUT2D eigenvalue weighted by molar-refractivity contribution is 7.20. The number of aliphatic hydroxyl groups excluding tert-OH is 1. The predicted octanol–water partition coefficient (Wildman–Crippen LogP) is 8.68. The fourth-order valence-electron chi connectivity index (χ4n) is 8.69. The fourth-order valence-corrected chi connectivity index (χ4v) is 9.72. The summed E-state index contributed by atoms with van der Waals surface area (Å²) in [4.78, 5) is 0. The first-order valence-electron chi connectivity index (χ1n) is 13.6. The van der Waals surface area contributed by atoms with Gasteiger partial charge in [-0.1, -0.05) is 48.4 Å². The zero-order chi connectivity index (χ0) is 25.9. The molecule has 0 spiro atoms. The van der Waals surface area contributed by atoms with Crippen molar-refractivity contribution in [1.82, 2.24) is 0 Å². The number of anilines is 1. The van der Waals surface area contributed by atoms with E-state index in [0.29, 0.717) is 33.3 Å². The van der Waals surface area contributed by atoms with Crippen molar-refractivity contribution in [2.75, 3.05) is 5.73 Å². The quantitative estimate of drug-likeness (QED) is 0.304. The van der Waals surface area contributed by atoms with Crippen molar-refractivity contribution in [3.63, 3.8) is 0 Å². The molecule has 3 fully saturated rings. The van der Waals surface area contributed by atoms with Gasteiger partial charge in [0.25, 0.3) is 0 Å². The molecule has 194 valence electrons. The third-order valence-electron chi connectivity index (χ3n) is 10.6. The molecule has 0 amide bonds. The van der Waals surface area contributed by atoms with Crippen molar-refractivity contribution in [2.45, 2.75) is 77.2 Å². The van der Waals surface area contributed by atoms with Crippen LogP contribution in [0.1, 0.15) is 82.3 Å². The standard InChI is InChI=1S/C30H35ClN4OS/c1-29-13-11-20(36)15-17(29)3-8-21-23-9-10-25(30(23,2)14-12-24(21)29)26-22(16-32)27(33)37-28(26)35-34-19-6-4-18(31)5-7-19/h3-7,20-21,23-25,36H,8-15,33H2,1-2H3/t20-,21-,23-,24-,25?,29-,30-/m0/s1. The van der Waals surface area contributed by atoms with Gasteiger partial charge in [-0.25, -0.2) is 0 Å². The van der Waals surface area contributed by atoms with Crippen molar-refractivity contribution in [1.29, 1.82) is 5.26 Å². The second-order valence-corrected chi connectivity index (χ2v) is 13.6. The van der Waals surface area contributed by atoms with Gasteiger partial charge in [0, 0.05) is 10.6 Å². The number of fused-ring (bicyclic) bond motifs is 5. The molecular formula is C30H35ClN4OS. The summed E-state index contributed by atoms with van der Waals surface area (Å²) in [7, 11) is 0. The minimum Gasteiger partial charge on any atom is -0.393 e. The number of nitrogen functional groups attached to an aromatic ring is 1. The normalized spacial score (nSPS) is 36.9. The molecule has 1 unspecified atom stereocenters. The van der Waals surface area contributed by atoms with Crippen LogP contribution in [0.25, 0.3) is 0 Å². The summed E-state index contributed by atoms with van der Waals surface area (Å²) in [6.07, 6.45) is 10.9. The molecule has 7 atom stereocenters. The third-order valence-corrected chi connectivity index (χ3v) is 11.7. The Balaban J connectivity index is 1.34. The summed E-state index contributed by atoms with van der Waals surface area (Å²) in [5.41, 5.74) is 10.6. The van der Waals surface area contributed by atoms with Crippen LogP contribution in [0.3, 0.4) is 0 Å². The molecule has 0 saturated heterocycles. The maximum Gasteiger partial charge on any atom is 0.145 e. The lowest BCUT2D eigenvalue weighted by Crippen LogP contribution is -2.50. The van der Waals surface area contributed by atoms with Crippen LogP contribution in [-0.2, 0) is 0 Å². The first-order valence-corrected chi connectivity index (χ1v) is 14.8. The highest BCUT2D eigenvalue weighted by Crippen LogP contribution is 2.69. The number of nitrogens with two attached hydrogens (primary N) is 1. The van der Waals surface area contributed by atoms with Gasteiger partial charge in [0.1, 0.15) is 16.1 Å². The second kappa shape index (κ2) is 9.22. The van der Waals surface area contributed by atoms with E-state index in [9.17, 15) is 10.4 Å². The van der Waals surface area contributed by atoms with Crippen LogP contribution in [-0.4, -0.2) is 11.2 Å². The number of thiophene rings is 1. The lowest BCUT2D eigenvalue weighted by Gasteiger charge is -2.58. The van der Waals surface area contributed by atoms with E-state index >= 15 is 0 Å². The molecule has 5 nitrogen and oxygen atoms in total. The van der Waals surface area contributed by atoms with E-state index in [2.05, 4.69) is 36.2 Å². The van der Waals surface area contributed by atoms with Gasteiger partial charge >= 0.3 is 0 Å². The number of halogens is 1. The number of aliphatic hydroxyl groups is 1. The molecule has 4 aliphatic rings. The number of benzene rings is 1. The van der Waals surface area contributed by atoms with Crippen molar-refractivity contribution in [2.24, 2.45) is 38.8 Å². The SMILES string of the molecule is C[C@]12CC[C@H](O)CC1=CC[C@@H]1[C@@H]2CC[C@]2(C)C(c3c(N=Nc4ccc(Cl)cc4)sc(N)c3C#N)CC[C@@H]12. The highest BCUT2D eigenvalue weighted by Gasteiger charge is 2.59. The Morgan fingerprint density at radius 1 is 1.08 bits per heavy atom. The van der Waals surface area contributed by atoms with E-state index in [4.69, 9.17) is 17.3 Å². The first kappa shape index (κ1) is 25.1. The summed E-state index contributed by atoms with van der Waals surface area (Å²) in [6.45, 7) is 4.94. The van der Waals surface area contributed by atoms with Gasteiger partial charge < -0.3 is 10.8 Å². The summed E-state index contributed by atoms with van der Waals surface area (Å²) >= 11 is 7.41. The average Bonchev–Trinajstić information content (AvgIpc) is 3.39. The third kappa shape index (κ3) is 3.97. The molecule has 7 heteroatoms. The van der Waals surface area contributed by atoms with Crippen molar-refractivity contribution >= 4 is 38.6 Å². The molecule has 1 aromatic heterocycles. The molecule has 0 radical (unpaired) electrons. The molecule has 2 aromatic rings. The maximum atomic E-state index is 10.3. The molecule has 3 N–H and O–H groups in total. The van der Waals surface area contributed by atoms with Crippen molar-refractivity contribution in [3.05, 3.63) is 52.1 Å². The van der Waals surface area contributed by atoms with Gasteiger partial charge in [-0.05, 0) is 110 Å². The lowest BCUT2D eigenvalue weighted by molar-refractivity contribution is -0.0408. The molecule has 37 heavy (non-hydrogen) atoms. The average molecular weight is 535 g/mol. The topological polar surface area (TPSA) is 94.8 Å². The Labute approximate surface area is 228 Å². The second-order valence-electron chi connectivity index (χ2n) is 12.2. The minimum atomic E-state index is -0.172. The Hall–Kier alpha value is -2.20. The van der Waals surface area contributed by atoms with E-state index in [1.165, 1.54) is 29.8 Å². The Morgan fingerprint density at radius 2 is 1.86 bits per heavy atom. The van der Waals surface area contributed by atoms with E-state index < -0.39 is 0 Å². The molecule has 1 heterocycles. The summed E-state index contributed by atoms with van der Waals surface area (Å²) in [5, 5.41) is 31.5. The molecule has 0 bridgehead atoms. The van der Waals surface area contributed by atoms with Gasteiger partial charge in [0.2, 0.25) is 0 Å². The van der Waals surface area contributed by atoms with Gasteiger partial charge in [0.05, 0.1) is 17.4 Å². The van der Waals surface area contributed by atoms with Crippen LogP contribution in [0.15, 0.2) is 46.1 Å². The number of allylic oxidation sites excluding steroid dienone is 1. The van der Waals surface area contributed by atoms with E-state index in [0.717, 1.165) is 54.8 Å². The number of hydrogen-bond acceptors (Lipinski definition) is 6. The van der Waals surface area contributed by atoms with Crippen LogP contribution in [0.4, 0.5) is 15.7 Å². The zero-order valence-corrected chi connectivity index (χ0v) is 23.2. The molecule has 0 aliphatic heterocycles. The minimum absolute atomic E-state index is 0.112. The Kier molecular flexibility index (Phi) is 6.25. The molecule has 6 rings (SSSR count). The maximum absolute atomic E-state index is 10.3. The largest absolute Gasteiger partial charge is 0.393 e. The van der Waals surface area contributed by atoms with E-state index in [1.54, 1.807) is 12.1 Å². The van der Waals surface area contributed by atoms with E-state index in [-0.39, 0.29) is 22.9 Å². The first-order chi connectivity index (χ1) is 17.7. The number of rotatable bonds is 3. The summed E-state index contributed by atoms with van der Waals surface area (Å²) in [5.74, 6) is 2.22. The lowest BCUT2D eigenvalue weighted by atomic mass is 9.47. The van der Waals surface area contributed by atoms with Crippen molar-refractivity contribution < 1.29 is 5.11 Å². The van der Waals surface area contributed by atoms with Gasteiger partial charge in [-0.15, -0.1) is 10.2 Å². The van der Waals surface area contributed by atoms with Gasteiger partial charge in [-0.2, -0.15) is 5.26 Å². The van der Waals surface area contributed by atoms with Crippen LogP contribution in [0.5, 0.6) is 0 Å². The van der Waals surface area contributed by atoms with Crippen molar-refractivity contribution in [3.8, 4) is 6.07 Å². The molecular weight excluding hydrogens is 500 g/mol. The van der Waals surface area contributed by atoms with E-state index in [1.807, 2.05) is 12.1 Å². The van der Waals surface area contributed by atoms with Gasteiger partial charge in [-0.3, -0.25) is 0 Å². The number of nitriles is 1. The molecule has 4 aliphatic carbocycles.